The molecule has 0 spiro atoms. The predicted octanol–water partition coefficient (Wildman–Crippen LogP) is 5.65. The summed E-state index contributed by atoms with van der Waals surface area (Å²) in [6.45, 7) is 2.13. The second kappa shape index (κ2) is 8.80. The topological polar surface area (TPSA) is 65.2 Å². The zero-order valence-corrected chi connectivity index (χ0v) is 20.3. The van der Waals surface area contributed by atoms with Crippen LogP contribution in [0, 0.1) is 5.92 Å². The molecular formula is C27H27N5OS. The summed E-state index contributed by atoms with van der Waals surface area (Å²) in [6, 6.07) is 12.5. The van der Waals surface area contributed by atoms with Crippen LogP contribution in [-0.4, -0.2) is 33.1 Å². The van der Waals surface area contributed by atoms with Gasteiger partial charge in [-0.05, 0) is 67.9 Å². The highest BCUT2D eigenvalue weighted by Gasteiger charge is 2.31. The van der Waals surface area contributed by atoms with Gasteiger partial charge >= 0.3 is 0 Å². The van der Waals surface area contributed by atoms with Gasteiger partial charge < -0.3 is 4.84 Å². The van der Waals surface area contributed by atoms with Crippen LogP contribution in [0.4, 0.5) is 0 Å². The van der Waals surface area contributed by atoms with E-state index in [0.29, 0.717) is 0 Å². The Bertz CT molecular complexity index is 1350. The van der Waals surface area contributed by atoms with Gasteiger partial charge in [0.2, 0.25) is 0 Å². The number of rotatable bonds is 7. The van der Waals surface area contributed by atoms with E-state index < -0.39 is 0 Å². The number of fused-ring (bicyclic) bond motifs is 3. The van der Waals surface area contributed by atoms with Crippen LogP contribution in [0.3, 0.4) is 0 Å². The average Bonchev–Trinajstić information content (AvgIpc) is 3.46. The molecule has 3 aromatic heterocycles. The number of pyridine rings is 1. The largest absolute Gasteiger partial charge is 0.399 e. The number of aromatic nitrogens is 4. The van der Waals surface area contributed by atoms with Crippen molar-refractivity contribution in [1.29, 1.82) is 0 Å². The highest BCUT2D eigenvalue weighted by Crippen LogP contribution is 2.44. The summed E-state index contributed by atoms with van der Waals surface area (Å²) in [5.74, 6) is 0.831. The van der Waals surface area contributed by atoms with Crippen LogP contribution >= 0.6 is 11.3 Å². The van der Waals surface area contributed by atoms with Gasteiger partial charge in [0.1, 0.15) is 7.11 Å². The third-order valence-electron chi connectivity index (χ3n) is 6.62. The number of nitrogens with zero attached hydrogens (tertiary/aromatic N) is 5. The summed E-state index contributed by atoms with van der Waals surface area (Å²) in [5, 5.41) is 10.3. The Labute approximate surface area is 203 Å². The van der Waals surface area contributed by atoms with Gasteiger partial charge in [-0.25, -0.2) is 9.67 Å². The van der Waals surface area contributed by atoms with Crippen molar-refractivity contribution >= 4 is 17.6 Å². The maximum Gasteiger partial charge on any atom is 0.106 e. The highest BCUT2D eigenvalue weighted by atomic mass is 32.1. The quantitative estimate of drug-likeness (QED) is 0.259. The molecule has 0 radical (unpaired) electrons. The molecule has 6 rings (SSSR count). The highest BCUT2D eigenvalue weighted by molar-refractivity contribution is 7.15. The first-order chi connectivity index (χ1) is 16.7. The molecule has 0 saturated heterocycles. The lowest BCUT2D eigenvalue weighted by molar-refractivity contribution is 0.215. The summed E-state index contributed by atoms with van der Waals surface area (Å²) in [4.78, 5) is 15.8. The Balaban J connectivity index is 1.48. The van der Waals surface area contributed by atoms with Gasteiger partial charge in [-0.2, -0.15) is 5.10 Å². The minimum Gasteiger partial charge on any atom is -0.399 e. The molecule has 1 aromatic carbocycles. The van der Waals surface area contributed by atoms with E-state index in [1.165, 1.54) is 39.7 Å². The summed E-state index contributed by atoms with van der Waals surface area (Å²) in [6.07, 6.45) is 10.3. The molecule has 2 aliphatic rings. The van der Waals surface area contributed by atoms with E-state index in [-0.39, 0.29) is 0 Å². The fourth-order valence-electron chi connectivity index (χ4n) is 4.58. The molecule has 1 saturated carbocycles. The monoisotopic (exact) mass is 469 g/mol. The average molecular weight is 470 g/mol. The molecule has 0 N–H and O–H groups in total. The third-order valence-corrected chi connectivity index (χ3v) is 7.74. The van der Waals surface area contributed by atoms with Gasteiger partial charge in [0.25, 0.3) is 0 Å². The van der Waals surface area contributed by atoms with Crippen molar-refractivity contribution in [3.05, 3.63) is 70.1 Å². The van der Waals surface area contributed by atoms with Crippen molar-refractivity contribution in [2.45, 2.75) is 45.4 Å². The maximum absolute atomic E-state index is 5.16. The van der Waals surface area contributed by atoms with Crippen molar-refractivity contribution in [2.24, 2.45) is 11.1 Å². The predicted molar refractivity (Wildman–Crippen MR) is 136 cm³/mol. The van der Waals surface area contributed by atoms with Crippen molar-refractivity contribution in [1.82, 2.24) is 19.7 Å². The molecule has 1 fully saturated rings. The molecule has 4 aromatic rings. The molecule has 2 aliphatic carbocycles. The van der Waals surface area contributed by atoms with Gasteiger partial charge in [0.05, 0.1) is 38.9 Å². The van der Waals surface area contributed by atoms with E-state index in [0.717, 1.165) is 59.8 Å². The first kappa shape index (κ1) is 21.2. The number of oxime groups is 1. The van der Waals surface area contributed by atoms with Crippen molar-refractivity contribution < 1.29 is 4.84 Å². The van der Waals surface area contributed by atoms with Crippen LogP contribution < -0.4 is 0 Å². The molecule has 6 nitrogen and oxygen atoms in total. The summed E-state index contributed by atoms with van der Waals surface area (Å²) in [5.41, 5.74) is 8.92. The number of hydrogen-bond acceptors (Lipinski definition) is 6. The Morgan fingerprint density at radius 3 is 2.71 bits per heavy atom. The molecular weight excluding hydrogens is 442 g/mol. The fourth-order valence-corrected chi connectivity index (χ4v) is 5.87. The number of aryl methyl sites for hydroxylation is 2. The molecule has 0 amide bonds. The molecule has 0 unspecified atom stereocenters. The smallest absolute Gasteiger partial charge is 0.106 e. The van der Waals surface area contributed by atoms with E-state index in [2.05, 4.69) is 46.0 Å². The van der Waals surface area contributed by atoms with E-state index >= 15 is 0 Å². The Kier molecular flexibility index (Phi) is 5.49. The summed E-state index contributed by atoms with van der Waals surface area (Å²) < 4.78 is 2.10. The Hall–Kier alpha value is -3.32. The lowest BCUT2D eigenvalue weighted by Crippen LogP contribution is -2.06. The van der Waals surface area contributed by atoms with Crippen molar-refractivity contribution in [3.8, 4) is 27.5 Å². The number of benzene rings is 1. The van der Waals surface area contributed by atoms with Gasteiger partial charge in [-0.15, -0.1) is 11.3 Å². The third kappa shape index (κ3) is 3.94. The fraction of sp³-hybridized carbons (Fsp3) is 0.333. The Morgan fingerprint density at radius 2 is 2.00 bits per heavy atom. The first-order valence-corrected chi connectivity index (χ1v) is 12.8. The Morgan fingerprint density at radius 1 is 1.15 bits per heavy atom. The van der Waals surface area contributed by atoms with Crippen LogP contribution in [-0.2, 0) is 30.5 Å². The zero-order chi connectivity index (χ0) is 23.1. The van der Waals surface area contributed by atoms with Crippen LogP contribution in [0.25, 0.3) is 27.5 Å². The van der Waals surface area contributed by atoms with Crippen molar-refractivity contribution in [2.75, 3.05) is 7.11 Å². The van der Waals surface area contributed by atoms with E-state index in [9.17, 15) is 0 Å². The minimum absolute atomic E-state index is 0.831. The zero-order valence-electron chi connectivity index (χ0n) is 19.5. The molecule has 7 heteroatoms. The van der Waals surface area contributed by atoms with E-state index in [1.807, 2.05) is 29.7 Å². The lowest BCUT2D eigenvalue weighted by atomic mass is 9.95. The number of thiazole rings is 1. The van der Waals surface area contributed by atoms with E-state index in [4.69, 9.17) is 14.9 Å². The molecule has 0 bridgehead atoms. The minimum atomic E-state index is 0.831. The molecule has 172 valence electrons. The second-order valence-electron chi connectivity index (χ2n) is 9.02. The molecule has 0 aliphatic heterocycles. The number of hydrogen-bond donors (Lipinski definition) is 0. The van der Waals surface area contributed by atoms with Crippen LogP contribution in [0.15, 0.2) is 47.8 Å². The van der Waals surface area contributed by atoms with Crippen LogP contribution in [0.2, 0.25) is 0 Å². The molecule has 0 atom stereocenters. The van der Waals surface area contributed by atoms with Crippen LogP contribution in [0.5, 0.6) is 0 Å². The van der Waals surface area contributed by atoms with Gasteiger partial charge in [-0.1, -0.05) is 24.2 Å². The van der Waals surface area contributed by atoms with Crippen LogP contribution in [0.1, 0.15) is 47.3 Å². The second-order valence-corrected chi connectivity index (χ2v) is 10.1. The van der Waals surface area contributed by atoms with E-state index in [1.54, 1.807) is 13.3 Å². The normalized spacial score (nSPS) is 14.9. The standard InChI is InChI=1S/C27H27N5OS/c1-3-20-9-8-19(16-28-20)25-22-12-13-23-27(34-24(30-23)14-17-4-5-17)26(22)32(31-25)21-10-6-18(7-11-21)15-29-33-2/h6-11,15-17H,3-5,12-14H2,1-2H3/b29-15-. The molecule has 3 heterocycles. The summed E-state index contributed by atoms with van der Waals surface area (Å²) >= 11 is 1.86. The maximum atomic E-state index is 5.16. The van der Waals surface area contributed by atoms with Crippen molar-refractivity contribution in [3.63, 3.8) is 0 Å². The summed E-state index contributed by atoms with van der Waals surface area (Å²) in [7, 11) is 1.55. The van der Waals surface area contributed by atoms with Gasteiger partial charge in [0, 0.05) is 29.4 Å². The first-order valence-electron chi connectivity index (χ1n) is 12.0. The SMILES string of the molecule is CCc1ccc(-c2nn(-c3ccc(/C=N\OC)cc3)c3c2CCc2nc(CC4CC4)sc2-3)cn1. The molecule has 34 heavy (non-hydrogen) atoms. The van der Waals surface area contributed by atoms with Gasteiger partial charge in [-0.3, -0.25) is 4.98 Å². The van der Waals surface area contributed by atoms with Gasteiger partial charge in [0.15, 0.2) is 0 Å². The lowest BCUT2D eigenvalue weighted by Gasteiger charge is -2.14.